The fourth-order valence-corrected chi connectivity index (χ4v) is 2.46. The van der Waals surface area contributed by atoms with Gasteiger partial charge in [-0.3, -0.25) is 0 Å². The van der Waals surface area contributed by atoms with E-state index < -0.39 is 6.10 Å². The average molecular weight is 258 g/mol. The SMILES string of the molecule is COCCC(C)C(O)CSc1ccccc1F. The Morgan fingerprint density at radius 3 is 2.76 bits per heavy atom. The van der Waals surface area contributed by atoms with Crippen molar-refractivity contribution in [3.8, 4) is 0 Å². The first-order valence-corrected chi connectivity index (χ1v) is 6.68. The zero-order valence-corrected chi connectivity index (χ0v) is 11.0. The maximum Gasteiger partial charge on any atom is 0.136 e. The lowest BCUT2D eigenvalue weighted by Crippen LogP contribution is -2.21. The molecular formula is C13H19FO2S. The maximum absolute atomic E-state index is 13.3. The van der Waals surface area contributed by atoms with E-state index in [1.807, 2.05) is 6.92 Å². The van der Waals surface area contributed by atoms with Crippen molar-refractivity contribution < 1.29 is 14.2 Å². The molecule has 0 heterocycles. The molecule has 0 aliphatic rings. The summed E-state index contributed by atoms with van der Waals surface area (Å²) in [5.41, 5.74) is 0. The predicted octanol–water partition coefficient (Wildman–Crippen LogP) is 2.95. The minimum Gasteiger partial charge on any atom is -0.392 e. The molecule has 1 rings (SSSR count). The molecule has 17 heavy (non-hydrogen) atoms. The maximum atomic E-state index is 13.3. The summed E-state index contributed by atoms with van der Waals surface area (Å²) in [5, 5.41) is 9.90. The van der Waals surface area contributed by atoms with Gasteiger partial charge >= 0.3 is 0 Å². The van der Waals surface area contributed by atoms with Gasteiger partial charge < -0.3 is 9.84 Å². The Morgan fingerprint density at radius 2 is 2.12 bits per heavy atom. The highest BCUT2D eigenvalue weighted by Gasteiger charge is 2.15. The quantitative estimate of drug-likeness (QED) is 0.762. The molecule has 0 radical (unpaired) electrons. The Kier molecular flexibility index (Phi) is 6.55. The highest BCUT2D eigenvalue weighted by Crippen LogP contribution is 2.24. The van der Waals surface area contributed by atoms with Gasteiger partial charge in [-0.05, 0) is 24.5 Å². The van der Waals surface area contributed by atoms with Crippen LogP contribution in [0.3, 0.4) is 0 Å². The van der Waals surface area contributed by atoms with E-state index >= 15 is 0 Å². The zero-order valence-electron chi connectivity index (χ0n) is 10.2. The second kappa shape index (κ2) is 7.69. The topological polar surface area (TPSA) is 29.5 Å². The van der Waals surface area contributed by atoms with Crippen LogP contribution in [0.1, 0.15) is 13.3 Å². The number of halogens is 1. The number of benzene rings is 1. The molecule has 0 aliphatic carbocycles. The van der Waals surface area contributed by atoms with Crippen molar-refractivity contribution in [2.24, 2.45) is 5.92 Å². The molecule has 0 bridgehead atoms. The van der Waals surface area contributed by atoms with Crippen LogP contribution in [0.2, 0.25) is 0 Å². The number of aliphatic hydroxyl groups excluding tert-OH is 1. The molecule has 0 saturated heterocycles. The van der Waals surface area contributed by atoms with Crippen molar-refractivity contribution in [2.45, 2.75) is 24.3 Å². The highest BCUT2D eigenvalue weighted by molar-refractivity contribution is 7.99. The first-order valence-electron chi connectivity index (χ1n) is 5.69. The van der Waals surface area contributed by atoms with Crippen molar-refractivity contribution in [1.82, 2.24) is 0 Å². The van der Waals surface area contributed by atoms with E-state index in [2.05, 4.69) is 0 Å². The molecule has 2 nitrogen and oxygen atoms in total. The summed E-state index contributed by atoms with van der Waals surface area (Å²) in [5.74, 6) is 0.440. The third-order valence-electron chi connectivity index (χ3n) is 2.68. The number of methoxy groups -OCH3 is 1. The Bertz CT molecular complexity index is 333. The normalized spacial score (nSPS) is 14.6. The first-order chi connectivity index (χ1) is 8.15. The van der Waals surface area contributed by atoms with E-state index in [1.54, 1.807) is 25.3 Å². The molecule has 0 aromatic heterocycles. The van der Waals surface area contributed by atoms with Gasteiger partial charge in [0, 0.05) is 24.4 Å². The molecule has 0 spiro atoms. The summed E-state index contributed by atoms with van der Waals surface area (Å²) >= 11 is 1.35. The molecule has 0 fully saturated rings. The van der Waals surface area contributed by atoms with E-state index in [1.165, 1.54) is 17.8 Å². The van der Waals surface area contributed by atoms with Crippen molar-refractivity contribution in [2.75, 3.05) is 19.5 Å². The molecule has 1 N–H and O–H groups in total. The lowest BCUT2D eigenvalue weighted by atomic mass is 10.0. The van der Waals surface area contributed by atoms with E-state index in [9.17, 15) is 9.50 Å². The van der Waals surface area contributed by atoms with Gasteiger partial charge in [-0.2, -0.15) is 0 Å². The van der Waals surface area contributed by atoms with Crippen molar-refractivity contribution in [1.29, 1.82) is 0 Å². The molecule has 96 valence electrons. The standard InChI is InChI=1S/C13H19FO2S/c1-10(7-8-16-2)12(15)9-17-13-6-4-3-5-11(13)14/h3-6,10,12,15H,7-9H2,1-2H3. The van der Waals surface area contributed by atoms with Gasteiger partial charge in [0.1, 0.15) is 5.82 Å². The number of ether oxygens (including phenoxy) is 1. The van der Waals surface area contributed by atoms with E-state index in [-0.39, 0.29) is 11.7 Å². The number of hydrogen-bond acceptors (Lipinski definition) is 3. The van der Waals surface area contributed by atoms with Gasteiger partial charge in [0.25, 0.3) is 0 Å². The molecule has 2 unspecified atom stereocenters. The summed E-state index contributed by atoms with van der Waals surface area (Å²) in [6.45, 7) is 2.62. The van der Waals surface area contributed by atoms with Crippen LogP contribution in [-0.4, -0.2) is 30.7 Å². The van der Waals surface area contributed by atoms with Gasteiger partial charge in [0.15, 0.2) is 0 Å². The summed E-state index contributed by atoms with van der Waals surface area (Å²) in [7, 11) is 1.65. The molecule has 2 atom stereocenters. The monoisotopic (exact) mass is 258 g/mol. The third-order valence-corrected chi connectivity index (χ3v) is 3.83. The van der Waals surface area contributed by atoms with Crippen LogP contribution in [0.15, 0.2) is 29.2 Å². The number of hydrogen-bond donors (Lipinski definition) is 1. The summed E-state index contributed by atoms with van der Waals surface area (Å²) < 4.78 is 18.3. The zero-order chi connectivity index (χ0) is 12.7. The van der Waals surface area contributed by atoms with E-state index in [0.29, 0.717) is 17.3 Å². The fourth-order valence-electron chi connectivity index (χ4n) is 1.40. The minimum absolute atomic E-state index is 0.161. The van der Waals surface area contributed by atoms with Gasteiger partial charge in [-0.15, -0.1) is 11.8 Å². The van der Waals surface area contributed by atoms with Gasteiger partial charge in [0.05, 0.1) is 6.10 Å². The summed E-state index contributed by atoms with van der Waals surface area (Å²) in [4.78, 5) is 0.588. The summed E-state index contributed by atoms with van der Waals surface area (Å²) in [6, 6.07) is 6.62. The Hall–Kier alpha value is -0.580. The molecule has 4 heteroatoms. The van der Waals surface area contributed by atoms with Crippen molar-refractivity contribution in [3.63, 3.8) is 0 Å². The van der Waals surface area contributed by atoms with Gasteiger partial charge in [0.2, 0.25) is 0 Å². The van der Waals surface area contributed by atoms with E-state index in [0.717, 1.165) is 6.42 Å². The molecular weight excluding hydrogens is 239 g/mol. The number of thioether (sulfide) groups is 1. The second-order valence-corrected chi connectivity index (χ2v) is 5.13. The van der Waals surface area contributed by atoms with Crippen LogP contribution < -0.4 is 0 Å². The second-order valence-electron chi connectivity index (χ2n) is 4.07. The first kappa shape index (κ1) is 14.5. The van der Waals surface area contributed by atoms with Crippen LogP contribution in [0, 0.1) is 11.7 Å². The lowest BCUT2D eigenvalue weighted by molar-refractivity contribution is 0.105. The van der Waals surface area contributed by atoms with Crippen LogP contribution in [0.5, 0.6) is 0 Å². The predicted molar refractivity (Wildman–Crippen MR) is 68.8 cm³/mol. The van der Waals surface area contributed by atoms with Crippen LogP contribution in [0.25, 0.3) is 0 Å². The van der Waals surface area contributed by atoms with Crippen molar-refractivity contribution in [3.05, 3.63) is 30.1 Å². The van der Waals surface area contributed by atoms with Crippen LogP contribution in [-0.2, 0) is 4.74 Å². The minimum atomic E-state index is -0.435. The Morgan fingerprint density at radius 1 is 1.41 bits per heavy atom. The smallest absolute Gasteiger partial charge is 0.136 e. The third kappa shape index (κ3) is 5.06. The average Bonchev–Trinajstić information content (AvgIpc) is 2.34. The lowest BCUT2D eigenvalue weighted by Gasteiger charge is -2.18. The Balaban J connectivity index is 2.37. The number of rotatable bonds is 7. The van der Waals surface area contributed by atoms with Crippen LogP contribution >= 0.6 is 11.8 Å². The fraction of sp³-hybridized carbons (Fsp3) is 0.538. The van der Waals surface area contributed by atoms with E-state index in [4.69, 9.17) is 4.74 Å². The van der Waals surface area contributed by atoms with Gasteiger partial charge in [-0.1, -0.05) is 19.1 Å². The van der Waals surface area contributed by atoms with Crippen molar-refractivity contribution >= 4 is 11.8 Å². The van der Waals surface area contributed by atoms with Gasteiger partial charge in [-0.25, -0.2) is 4.39 Å². The molecule has 0 aliphatic heterocycles. The largest absolute Gasteiger partial charge is 0.392 e. The number of aliphatic hydroxyl groups is 1. The summed E-state index contributed by atoms with van der Waals surface area (Å²) in [6.07, 6.45) is 0.380. The molecule has 1 aromatic carbocycles. The Labute approximate surface area is 106 Å². The molecule has 0 amide bonds. The van der Waals surface area contributed by atoms with Crippen LogP contribution in [0.4, 0.5) is 4.39 Å². The molecule has 1 aromatic rings. The molecule has 0 saturated carbocycles. The highest BCUT2D eigenvalue weighted by atomic mass is 32.2.